The van der Waals surface area contributed by atoms with E-state index in [0.29, 0.717) is 18.0 Å². The molecule has 0 bridgehead atoms. The van der Waals surface area contributed by atoms with Gasteiger partial charge >= 0.3 is 0 Å². The number of rotatable bonds is 6. The number of aliphatic hydroxyl groups is 1. The van der Waals surface area contributed by atoms with Crippen molar-refractivity contribution in [1.82, 2.24) is 5.32 Å². The zero-order chi connectivity index (χ0) is 15.7. The van der Waals surface area contributed by atoms with Gasteiger partial charge in [-0.15, -0.1) is 0 Å². The quantitative estimate of drug-likeness (QED) is 0.624. The molecule has 1 rings (SSSR count). The first-order chi connectivity index (χ1) is 10.1. The van der Waals surface area contributed by atoms with E-state index < -0.39 is 0 Å². The lowest BCUT2D eigenvalue weighted by Crippen LogP contribution is -2.25. The highest BCUT2D eigenvalue weighted by Gasteiger charge is 2.10. The molecule has 1 amide bonds. The Bertz CT molecular complexity index is 524. The van der Waals surface area contributed by atoms with Gasteiger partial charge in [0, 0.05) is 17.7 Å². The normalized spacial score (nSPS) is 10.1. The molecule has 0 unspecified atom stereocenters. The predicted octanol–water partition coefficient (Wildman–Crippen LogP) is 2.89. The Balaban J connectivity index is 2.58. The summed E-state index contributed by atoms with van der Waals surface area (Å²) in [6.45, 7) is 6.83. The van der Waals surface area contributed by atoms with Crippen LogP contribution in [0.15, 0.2) is 18.2 Å². The minimum absolute atomic E-state index is 0.0512. The van der Waals surface area contributed by atoms with Crippen molar-refractivity contribution in [2.75, 3.05) is 13.2 Å². The van der Waals surface area contributed by atoms with Crippen molar-refractivity contribution in [2.45, 2.75) is 40.0 Å². The second-order valence-electron chi connectivity index (χ2n) is 5.58. The van der Waals surface area contributed by atoms with Crippen LogP contribution in [-0.2, 0) is 0 Å². The van der Waals surface area contributed by atoms with Crippen molar-refractivity contribution in [1.29, 1.82) is 0 Å². The molecule has 1 aromatic rings. The largest absolute Gasteiger partial charge is 0.384 e. The third-order valence-electron chi connectivity index (χ3n) is 3.37. The van der Waals surface area contributed by atoms with Crippen molar-refractivity contribution in [3.8, 4) is 11.8 Å². The maximum absolute atomic E-state index is 12.2. The molecule has 0 atom stereocenters. The molecule has 0 aliphatic heterocycles. The van der Waals surface area contributed by atoms with Crippen LogP contribution in [0.5, 0.6) is 0 Å². The molecule has 0 saturated carbocycles. The molecular weight excluding hydrogens is 262 g/mol. The minimum Gasteiger partial charge on any atom is -0.384 e. The van der Waals surface area contributed by atoms with Crippen molar-refractivity contribution < 1.29 is 9.90 Å². The molecule has 0 aromatic heterocycles. The second kappa shape index (κ2) is 9.20. The lowest BCUT2D eigenvalue weighted by atomic mass is 10.0. The maximum atomic E-state index is 12.2. The van der Waals surface area contributed by atoms with E-state index in [2.05, 4.69) is 31.0 Å². The molecule has 0 aliphatic rings. The number of nitrogens with one attached hydrogen (secondary N) is 1. The minimum atomic E-state index is -0.175. The third-order valence-corrected chi connectivity index (χ3v) is 3.37. The first-order valence-electron chi connectivity index (χ1n) is 7.53. The predicted molar refractivity (Wildman–Crippen MR) is 86.2 cm³/mol. The van der Waals surface area contributed by atoms with Gasteiger partial charge in [-0.1, -0.05) is 44.6 Å². The number of amides is 1. The van der Waals surface area contributed by atoms with Crippen LogP contribution >= 0.6 is 0 Å². The Hall–Kier alpha value is -1.79. The summed E-state index contributed by atoms with van der Waals surface area (Å²) >= 11 is 0. The van der Waals surface area contributed by atoms with E-state index in [1.807, 2.05) is 25.1 Å². The van der Waals surface area contributed by atoms with Crippen LogP contribution in [0.1, 0.15) is 54.6 Å². The molecule has 3 heteroatoms. The molecule has 0 aliphatic carbocycles. The fourth-order valence-corrected chi connectivity index (χ4v) is 2.13. The maximum Gasteiger partial charge on any atom is 0.251 e. The van der Waals surface area contributed by atoms with Crippen LogP contribution in [0, 0.1) is 24.7 Å². The number of hydrogen-bond donors (Lipinski definition) is 2. The van der Waals surface area contributed by atoms with Gasteiger partial charge in [0.1, 0.15) is 6.61 Å². The van der Waals surface area contributed by atoms with Crippen LogP contribution < -0.4 is 5.32 Å². The molecule has 0 saturated heterocycles. The van der Waals surface area contributed by atoms with Gasteiger partial charge in [-0.25, -0.2) is 0 Å². The lowest BCUT2D eigenvalue weighted by Gasteiger charge is -2.09. The van der Waals surface area contributed by atoms with E-state index in [9.17, 15) is 4.79 Å². The average molecular weight is 287 g/mol. The smallest absolute Gasteiger partial charge is 0.251 e. The molecule has 0 fully saturated rings. The molecule has 21 heavy (non-hydrogen) atoms. The first-order valence-corrected chi connectivity index (χ1v) is 7.53. The fraction of sp³-hybridized carbons (Fsp3) is 0.500. The van der Waals surface area contributed by atoms with Crippen LogP contribution in [0.25, 0.3) is 0 Å². The number of carbonyl (C=O) groups is 1. The van der Waals surface area contributed by atoms with Gasteiger partial charge in [0.15, 0.2) is 0 Å². The Morgan fingerprint density at radius 2 is 2.10 bits per heavy atom. The first kappa shape index (κ1) is 17.3. The van der Waals surface area contributed by atoms with Gasteiger partial charge in [-0.3, -0.25) is 4.79 Å². The monoisotopic (exact) mass is 287 g/mol. The number of hydrogen-bond acceptors (Lipinski definition) is 2. The highest BCUT2D eigenvalue weighted by molar-refractivity contribution is 5.96. The van der Waals surface area contributed by atoms with E-state index in [1.54, 1.807) is 0 Å². The summed E-state index contributed by atoms with van der Waals surface area (Å²) in [5, 5.41) is 11.7. The van der Waals surface area contributed by atoms with Gasteiger partial charge in [0.25, 0.3) is 5.91 Å². The highest BCUT2D eigenvalue weighted by atomic mass is 16.2. The Kier molecular flexibility index (Phi) is 7.56. The summed E-state index contributed by atoms with van der Waals surface area (Å²) in [5.41, 5.74) is 2.30. The fourth-order valence-electron chi connectivity index (χ4n) is 2.13. The van der Waals surface area contributed by atoms with Gasteiger partial charge in [0.2, 0.25) is 0 Å². The third kappa shape index (κ3) is 6.01. The Labute approximate surface area is 127 Å². The van der Waals surface area contributed by atoms with Crippen LogP contribution in [0.4, 0.5) is 0 Å². The topological polar surface area (TPSA) is 49.3 Å². The summed E-state index contributed by atoms with van der Waals surface area (Å²) in [7, 11) is 0. The van der Waals surface area contributed by atoms with Gasteiger partial charge < -0.3 is 10.4 Å². The number of carbonyl (C=O) groups excluding carboxylic acids is 1. The highest BCUT2D eigenvalue weighted by Crippen LogP contribution is 2.13. The summed E-state index contributed by atoms with van der Waals surface area (Å²) < 4.78 is 0. The second-order valence-corrected chi connectivity index (χ2v) is 5.58. The molecular formula is C18H25NO2. The van der Waals surface area contributed by atoms with Crippen LogP contribution in [0.2, 0.25) is 0 Å². The van der Waals surface area contributed by atoms with Gasteiger partial charge in [-0.2, -0.15) is 0 Å². The molecule has 3 nitrogen and oxygen atoms in total. The Morgan fingerprint density at radius 1 is 1.33 bits per heavy atom. The van der Waals surface area contributed by atoms with E-state index in [1.165, 1.54) is 6.42 Å². The van der Waals surface area contributed by atoms with Crippen molar-refractivity contribution in [3.63, 3.8) is 0 Å². The molecule has 114 valence electrons. The summed E-state index contributed by atoms with van der Waals surface area (Å²) in [4.78, 5) is 12.2. The van der Waals surface area contributed by atoms with E-state index in [-0.39, 0.29) is 12.5 Å². The van der Waals surface area contributed by atoms with Crippen molar-refractivity contribution in [2.24, 2.45) is 5.92 Å². The molecule has 0 spiro atoms. The lowest BCUT2D eigenvalue weighted by molar-refractivity contribution is 0.0952. The molecule has 0 heterocycles. The zero-order valence-electron chi connectivity index (χ0n) is 13.2. The molecule has 2 N–H and O–H groups in total. The summed E-state index contributed by atoms with van der Waals surface area (Å²) in [6.07, 6.45) is 3.34. The molecule has 1 aromatic carbocycles. The summed E-state index contributed by atoms with van der Waals surface area (Å²) in [5.74, 6) is 6.14. The summed E-state index contributed by atoms with van der Waals surface area (Å²) in [6, 6.07) is 5.49. The van der Waals surface area contributed by atoms with Gasteiger partial charge in [0.05, 0.1) is 0 Å². The average Bonchev–Trinajstić information content (AvgIpc) is 2.45. The number of unbranched alkanes of at least 4 members (excludes halogenated alkanes) is 1. The standard InChI is InChI=1S/C18H25NO2/c1-14(2)8-4-5-12-19-18(21)17-11-6-9-16(15(17)3)10-7-13-20/h6,9,11,14,20H,4-5,8,12-13H2,1-3H3,(H,19,21). The van der Waals surface area contributed by atoms with E-state index in [0.717, 1.165) is 24.0 Å². The van der Waals surface area contributed by atoms with Crippen LogP contribution in [-0.4, -0.2) is 24.2 Å². The SMILES string of the molecule is Cc1c(C#CCO)cccc1C(=O)NCCCCC(C)C. The van der Waals surface area contributed by atoms with E-state index in [4.69, 9.17) is 5.11 Å². The van der Waals surface area contributed by atoms with Gasteiger partial charge in [-0.05, 0) is 37.0 Å². The number of aliphatic hydroxyl groups excluding tert-OH is 1. The van der Waals surface area contributed by atoms with Crippen molar-refractivity contribution >= 4 is 5.91 Å². The van der Waals surface area contributed by atoms with Crippen molar-refractivity contribution in [3.05, 3.63) is 34.9 Å². The zero-order valence-corrected chi connectivity index (χ0v) is 13.2. The van der Waals surface area contributed by atoms with E-state index >= 15 is 0 Å². The molecule has 0 radical (unpaired) electrons. The van der Waals surface area contributed by atoms with Crippen LogP contribution in [0.3, 0.4) is 0 Å². The number of benzene rings is 1. The Morgan fingerprint density at radius 3 is 2.76 bits per heavy atom.